The maximum Gasteiger partial charge on any atom is 0.471 e. The van der Waals surface area contributed by atoms with Gasteiger partial charge in [-0.1, -0.05) is 154 Å². The zero-order valence-electron chi connectivity index (χ0n) is 43.6. The molecule has 0 radical (unpaired) electrons. The molecule has 0 unspecified atom stereocenters. The standard InChI is InChI=1S/C29H51F6N3O2.C25H53N3/c1-2-3-4-5-6-7-8-9-10-11-12-13-14-15-16-18-23-38(25-20-22-37-27(40)29(33,34)35)24-19-17-21-36-26(39)28(30,31)32;1-2-3-4-5-6-7-8-9-10-11-12-13-14-15-16-18-23-28(25-20-22-27)24-19-17-21-26/h9-10H,2-8,11-25H2,1H3,(H,36,39)(H,37,40);9-10H,2-8,11-27H2,1H3/b2*10-9-. The molecule has 0 saturated carbocycles. The van der Waals surface area contributed by atoms with Crippen molar-refractivity contribution >= 4 is 11.8 Å². The van der Waals surface area contributed by atoms with Gasteiger partial charge in [-0.25, -0.2) is 0 Å². The first-order chi connectivity index (χ1) is 32.8. The van der Waals surface area contributed by atoms with Crippen LogP contribution in [0.2, 0.25) is 0 Å². The van der Waals surface area contributed by atoms with E-state index in [0.29, 0.717) is 32.4 Å². The Balaban J connectivity index is 0. The van der Waals surface area contributed by atoms with Gasteiger partial charge in [0.15, 0.2) is 0 Å². The lowest BCUT2D eigenvalue weighted by molar-refractivity contribution is -0.173. The summed E-state index contributed by atoms with van der Waals surface area (Å²) < 4.78 is 73.7. The van der Waals surface area contributed by atoms with Crippen LogP contribution in [-0.4, -0.2) is 99.4 Å². The van der Waals surface area contributed by atoms with Gasteiger partial charge in [0.05, 0.1) is 0 Å². The van der Waals surface area contributed by atoms with Gasteiger partial charge in [-0.05, 0) is 155 Å². The van der Waals surface area contributed by atoms with Gasteiger partial charge < -0.3 is 31.9 Å². The third-order valence-electron chi connectivity index (χ3n) is 12.2. The Hall–Kier alpha value is -2.16. The van der Waals surface area contributed by atoms with Crippen LogP contribution in [-0.2, 0) is 9.59 Å². The smallest absolute Gasteiger partial charge is 0.348 e. The van der Waals surface area contributed by atoms with Crippen LogP contribution in [0.4, 0.5) is 26.3 Å². The number of nitrogens with two attached hydrogens (primary N) is 2. The summed E-state index contributed by atoms with van der Waals surface area (Å²) in [6.45, 7) is 11.3. The van der Waals surface area contributed by atoms with Crippen LogP contribution in [0.15, 0.2) is 24.3 Å². The van der Waals surface area contributed by atoms with Gasteiger partial charge in [-0.3, -0.25) is 9.59 Å². The minimum Gasteiger partial charge on any atom is -0.348 e. The molecule has 0 spiro atoms. The highest BCUT2D eigenvalue weighted by Crippen LogP contribution is 2.16. The number of allylic oxidation sites excluding steroid dienone is 4. The molecule has 0 aliphatic rings. The molecule has 0 bridgehead atoms. The molecule has 68 heavy (non-hydrogen) atoms. The van der Waals surface area contributed by atoms with Crippen LogP contribution >= 0.6 is 0 Å². The summed E-state index contributed by atoms with van der Waals surface area (Å²) in [4.78, 5) is 26.5. The number of carbonyl (C=O) groups excluding carboxylic acids is 2. The molecule has 0 aromatic heterocycles. The maximum atomic E-state index is 12.3. The highest BCUT2D eigenvalue weighted by molar-refractivity contribution is 5.81. The van der Waals surface area contributed by atoms with E-state index in [1.54, 1.807) is 0 Å². The molecule has 2 amide bonds. The summed E-state index contributed by atoms with van der Waals surface area (Å²) in [5, 5.41) is 3.69. The average molecular weight is 983 g/mol. The molecular weight excluding hydrogens is 879 g/mol. The Labute approximate surface area is 412 Å². The zero-order chi connectivity index (χ0) is 50.7. The number of rotatable bonds is 48. The quantitative estimate of drug-likeness (QED) is 0.0274. The highest BCUT2D eigenvalue weighted by Gasteiger charge is 2.38. The van der Waals surface area contributed by atoms with Gasteiger partial charge in [0.1, 0.15) is 0 Å². The zero-order valence-corrected chi connectivity index (χ0v) is 43.6. The number of alkyl halides is 6. The van der Waals surface area contributed by atoms with Crippen LogP contribution in [0, 0.1) is 0 Å². The minimum atomic E-state index is -4.91. The number of halogens is 6. The molecule has 0 aromatic carbocycles. The molecule has 0 atom stereocenters. The first kappa shape index (κ1) is 67.9. The van der Waals surface area contributed by atoms with Crippen LogP contribution in [0.25, 0.3) is 0 Å². The second-order valence-electron chi connectivity index (χ2n) is 18.8. The van der Waals surface area contributed by atoms with Crippen molar-refractivity contribution in [1.82, 2.24) is 20.4 Å². The van der Waals surface area contributed by atoms with E-state index in [4.69, 9.17) is 11.5 Å². The lowest BCUT2D eigenvalue weighted by Gasteiger charge is -2.22. The number of carbonyl (C=O) groups is 2. The fourth-order valence-corrected chi connectivity index (χ4v) is 8.00. The predicted molar refractivity (Wildman–Crippen MR) is 276 cm³/mol. The number of hydrogen-bond acceptors (Lipinski definition) is 6. The van der Waals surface area contributed by atoms with Gasteiger partial charge in [-0.15, -0.1) is 0 Å². The van der Waals surface area contributed by atoms with Gasteiger partial charge in [0, 0.05) is 13.1 Å². The summed E-state index contributed by atoms with van der Waals surface area (Å²) >= 11 is 0. The number of amides is 2. The summed E-state index contributed by atoms with van der Waals surface area (Å²) in [6, 6.07) is 0. The molecule has 0 aliphatic carbocycles. The fourth-order valence-electron chi connectivity index (χ4n) is 8.00. The van der Waals surface area contributed by atoms with Crippen LogP contribution < -0.4 is 22.1 Å². The van der Waals surface area contributed by atoms with E-state index in [1.165, 1.54) is 167 Å². The molecule has 0 aromatic rings. The lowest BCUT2D eigenvalue weighted by Crippen LogP contribution is -2.38. The molecule has 8 nitrogen and oxygen atoms in total. The van der Waals surface area contributed by atoms with Gasteiger partial charge in [0.25, 0.3) is 0 Å². The number of nitrogens with one attached hydrogen (secondary N) is 2. The highest BCUT2D eigenvalue weighted by atomic mass is 19.4. The van der Waals surface area contributed by atoms with Crippen molar-refractivity contribution in [1.29, 1.82) is 0 Å². The molecule has 0 aliphatic heterocycles. The maximum absolute atomic E-state index is 12.3. The van der Waals surface area contributed by atoms with Crippen molar-refractivity contribution in [2.24, 2.45) is 11.5 Å². The molecule has 14 heteroatoms. The van der Waals surface area contributed by atoms with E-state index < -0.39 is 24.2 Å². The lowest BCUT2D eigenvalue weighted by atomic mass is 10.1. The largest absolute Gasteiger partial charge is 0.471 e. The van der Waals surface area contributed by atoms with Gasteiger partial charge in [0.2, 0.25) is 0 Å². The normalized spacial score (nSPS) is 12.2. The Morgan fingerprint density at radius 2 is 0.632 bits per heavy atom. The first-order valence-electron chi connectivity index (χ1n) is 27.7. The van der Waals surface area contributed by atoms with E-state index in [2.05, 4.69) is 48.0 Å². The Morgan fingerprint density at radius 1 is 0.368 bits per heavy atom. The van der Waals surface area contributed by atoms with Crippen molar-refractivity contribution in [2.75, 3.05) is 65.4 Å². The average Bonchev–Trinajstić information content (AvgIpc) is 3.30. The Kier molecular flexibility index (Phi) is 51.1. The third kappa shape index (κ3) is 51.7. The molecule has 0 saturated heterocycles. The molecule has 404 valence electrons. The molecular formula is C54H104F6N6O2. The predicted octanol–water partition coefficient (Wildman–Crippen LogP) is 14.3. The molecule has 0 heterocycles. The summed E-state index contributed by atoms with van der Waals surface area (Å²) in [5.74, 6) is -3.93. The van der Waals surface area contributed by atoms with Crippen LogP contribution in [0.3, 0.4) is 0 Å². The second-order valence-corrected chi connectivity index (χ2v) is 18.8. The Morgan fingerprint density at radius 3 is 0.971 bits per heavy atom. The molecule has 6 N–H and O–H groups in total. The van der Waals surface area contributed by atoms with Crippen molar-refractivity contribution in [3.8, 4) is 0 Å². The van der Waals surface area contributed by atoms with Crippen LogP contribution in [0.1, 0.15) is 232 Å². The van der Waals surface area contributed by atoms with Crippen LogP contribution in [0.5, 0.6) is 0 Å². The van der Waals surface area contributed by atoms with Crippen molar-refractivity contribution in [3.63, 3.8) is 0 Å². The summed E-state index contributed by atoms with van der Waals surface area (Å²) in [5.41, 5.74) is 11.3. The monoisotopic (exact) mass is 983 g/mol. The van der Waals surface area contributed by atoms with Crippen molar-refractivity contribution in [3.05, 3.63) is 24.3 Å². The summed E-state index contributed by atoms with van der Waals surface area (Å²) in [6.07, 6.45) is 40.3. The Bertz CT molecular complexity index is 1140. The third-order valence-corrected chi connectivity index (χ3v) is 12.2. The second kappa shape index (κ2) is 51.2. The number of hydrogen-bond donors (Lipinski definition) is 4. The SMILES string of the molecule is CCCCCCCC/C=C\CCCCCCCCN(CCCCNC(=O)C(F)(F)F)CCCNC(=O)C(F)(F)F.CCCCCCCC/C=C\CCCCCCCCN(CCCN)CCCCN. The van der Waals surface area contributed by atoms with Gasteiger partial charge >= 0.3 is 24.2 Å². The van der Waals surface area contributed by atoms with Crippen molar-refractivity contribution in [2.45, 2.75) is 245 Å². The van der Waals surface area contributed by atoms with Gasteiger partial charge in [-0.2, -0.15) is 26.3 Å². The fraction of sp³-hybridized carbons (Fsp3) is 0.889. The van der Waals surface area contributed by atoms with E-state index in [9.17, 15) is 35.9 Å². The first-order valence-corrected chi connectivity index (χ1v) is 27.7. The van der Waals surface area contributed by atoms with E-state index >= 15 is 0 Å². The van der Waals surface area contributed by atoms with E-state index in [1.807, 2.05) is 10.6 Å². The molecule has 0 rings (SSSR count). The number of nitrogens with zero attached hydrogens (tertiary/aromatic N) is 2. The summed E-state index contributed by atoms with van der Waals surface area (Å²) in [7, 11) is 0. The molecule has 0 fully saturated rings. The number of unbranched alkanes of at least 4 members (excludes halogenated alkanes) is 26. The van der Waals surface area contributed by atoms with E-state index in [-0.39, 0.29) is 13.1 Å². The minimum absolute atomic E-state index is 0.0952. The van der Waals surface area contributed by atoms with Crippen molar-refractivity contribution < 1.29 is 35.9 Å². The van der Waals surface area contributed by atoms with E-state index in [0.717, 1.165) is 71.1 Å². The topological polar surface area (TPSA) is 117 Å².